The highest BCUT2D eigenvalue weighted by Gasteiger charge is 2.28. The fourth-order valence-electron chi connectivity index (χ4n) is 6.76. The average molecular weight is 746 g/mol. The molecule has 5 rings (SSSR count). The van der Waals surface area contributed by atoms with Crippen LogP contribution in [-0.4, -0.2) is 106 Å². The van der Waals surface area contributed by atoms with Gasteiger partial charge in [0.25, 0.3) is 0 Å². The molecule has 1 saturated heterocycles. The van der Waals surface area contributed by atoms with Gasteiger partial charge in [-0.2, -0.15) is 5.10 Å². The summed E-state index contributed by atoms with van der Waals surface area (Å²) in [6.45, 7) is 8.33. The van der Waals surface area contributed by atoms with Crippen LogP contribution in [0.15, 0.2) is 78.6 Å². The third kappa shape index (κ3) is 11.4. The van der Waals surface area contributed by atoms with E-state index in [0.717, 1.165) is 5.56 Å². The van der Waals surface area contributed by atoms with Crippen molar-refractivity contribution in [2.24, 2.45) is 11.8 Å². The van der Waals surface area contributed by atoms with Crippen LogP contribution in [0.2, 0.25) is 0 Å². The first kappa shape index (κ1) is 40.0. The first-order chi connectivity index (χ1) is 25.8. The quantitative estimate of drug-likeness (QED) is 0.217. The van der Waals surface area contributed by atoms with Gasteiger partial charge in [-0.3, -0.25) is 14.3 Å². The minimum atomic E-state index is -0.931. The fraction of sp³-hybridized carbons (Fsp3) is 0.463. The number of likely N-dealkylation sites (N-methyl/N-ethyl adjacent to an activating group) is 1. The van der Waals surface area contributed by atoms with E-state index in [9.17, 15) is 24.6 Å². The number of amides is 2. The van der Waals surface area contributed by atoms with Gasteiger partial charge in [0.15, 0.2) is 0 Å². The van der Waals surface area contributed by atoms with Crippen molar-refractivity contribution in [3.63, 3.8) is 0 Å². The number of benzene rings is 2. The van der Waals surface area contributed by atoms with Crippen LogP contribution in [-0.2, 0) is 32.0 Å². The lowest BCUT2D eigenvalue weighted by Crippen LogP contribution is -2.49. The number of cyclic esters (lactones) is 1. The van der Waals surface area contributed by atoms with Gasteiger partial charge in [-0.25, -0.2) is 9.18 Å². The lowest BCUT2D eigenvalue weighted by atomic mass is 9.91. The molecule has 0 aliphatic carbocycles. The van der Waals surface area contributed by atoms with Gasteiger partial charge in [-0.1, -0.05) is 38.1 Å². The summed E-state index contributed by atoms with van der Waals surface area (Å²) in [5.74, 6) is -1.30. The van der Waals surface area contributed by atoms with Gasteiger partial charge in [0.2, 0.25) is 5.91 Å². The normalized spacial score (nSPS) is 23.5. The van der Waals surface area contributed by atoms with Gasteiger partial charge in [-0.05, 0) is 91.3 Å². The van der Waals surface area contributed by atoms with Crippen molar-refractivity contribution in [2.45, 2.75) is 71.3 Å². The molecule has 1 fully saturated rings. The highest BCUT2D eigenvalue weighted by Crippen LogP contribution is 2.28. The molecule has 54 heavy (non-hydrogen) atoms. The molecular formula is C41H52FN5O7. The van der Waals surface area contributed by atoms with Crippen LogP contribution < -0.4 is 4.90 Å². The standard InChI is InChI=1S/C41H52FN5O7/c1-28-6-10-36(49)26-39(51)54-40(29(2)7-13-37(28)53-41(52)44(4)17-14-31-8-11-35(48)12-9-31)30(3)22-32-23-33(42)25-34(24-32)45-18-20-46(21-19-45)38(50)27-47-16-5-15-43-47/h5,7-9,11-13,15-16,22-25,28-29,36-37,40,48-49H,6,10,14,17-21,26-27H2,1-4H3/b13-7+,30-22+/t28-,29-,36+,37+,40-/m0/s1. The number of carbonyl (C=O) groups excluding carboxylic acids is 3. The number of anilines is 1. The zero-order valence-corrected chi connectivity index (χ0v) is 31.5. The van der Waals surface area contributed by atoms with Gasteiger partial charge in [0.1, 0.15) is 30.3 Å². The topological polar surface area (TPSA) is 138 Å². The highest BCUT2D eigenvalue weighted by atomic mass is 19.1. The SMILES string of the molecule is C/C(=C\c1cc(F)cc(N2CCN(C(=O)Cn3cccn3)CC2)c1)[C@H]1OC(=O)C[C@H](O)CC[C@H](C)[C@H](OC(=O)N(C)CCc2ccc(O)cc2)/C=C/[C@@H]1C. The molecule has 2 amide bonds. The number of hydrogen-bond acceptors (Lipinski definition) is 9. The molecule has 13 heteroatoms. The van der Waals surface area contributed by atoms with E-state index in [1.165, 1.54) is 17.0 Å². The summed E-state index contributed by atoms with van der Waals surface area (Å²) in [5.41, 5.74) is 2.93. The predicted molar refractivity (Wildman–Crippen MR) is 203 cm³/mol. The van der Waals surface area contributed by atoms with Gasteiger partial charge in [0.05, 0.1) is 12.5 Å². The number of nitrogens with zero attached hydrogens (tertiary/aromatic N) is 5. The Bertz CT molecular complexity index is 1770. The second kappa shape index (κ2) is 18.7. The number of aliphatic hydroxyl groups excluding tert-OH is 1. The van der Waals surface area contributed by atoms with Crippen LogP contribution in [0.25, 0.3) is 6.08 Å². The maximum atomic E-state index is 15.1. The second-order valence-corrected chi connectivity index (χ2v) is 14.5. The number of rotatable bonds is 9. The summed E-state index contributed by atoms with van der Waals surface area (Å²) in [5, 5.41) is 24.4. The van der Waals surface area contributed by atoms with Crippen molar-refractivity contribution in [3.05, 3.63) is 95.6 Å². The van der Waals surface area contributed by atoms with Gasteiger partial charge < -0.3 is 34.4 Å². The molecule has 3 heterocycles. The number of piperazine rings is 1. The number of esters is 1. The van der Waals surface area contributed by atoms with Crippen molar-refractivity contribution in [2.75, 3.05) is 44.7 Å². The summed E-state index contributed by atoms with van der Waals surface area (Å²) in [6.07, 6.45) is 7.36. The van der Waals surface area contributed by atoms with Crippen LogP contribution in [0.1, 0.15) is 51.2 Å². The molecule has 0 spiro atoms. The monoisotopic (exact) mass is 745 g/mol. The van der Waals surface area contributed by atoms with E-state index < -0.39 is 36.2 Å². The number of ether oxygens (including phenoxy) is 2. The molecule has 5 atom stereocenters. The Kier molecular flexibility index (Phi) is 13.9. The Hall–Kier alpha value is -5.17. The maximum absolute atomic E-state index is 15.1. The summed E-state index contributed by atoms with van der Waals surface area (Å²) in [4.78, 5) is 44.3. The van der Waals surface area contributed by atoms with E-state index >= 15 is 4.39 Å². The van der Waals surface area contributed by atoms with Crippen molar-refractivity contribution in [1.82, 2.24) is 19.6 Å². The van der Waals surface area contributed by atoms with E-state index in [2.05, 4.69) is 5.10 Å². The number of phenolic OH excluding ortho intramolecular Hbond substituents is 1. The fourth-order valence-corrected chi connectivity index (χ4v) is 6.76. The summed E-state index contributed by atoms with van der Waals surface area (Å²) in [6, 6.07) is 13.4. The maximum Gasteiger partial charge on any atom is 0.410 e. The van der Waals surface area contributed by atoms with E-state index in [-0.39, 0.29) is 36.5 Å². The average Bonchev–Trinajstić information content (AvgIpc) is 3.66. The minimum absolute atomic E-state index is 0.0210. The molecule has 1 aromatic heterocycles. The molecule has 0 bridgehead atoms. The second-order valence-electron chi connectivity index (χ2n) is 14.5. The van der Waals surface area contributed by atoms with Crippen molar-refractivity contribution >= 4 is 29.7 Å². The molecule has 0 saturated carbocycles. The van der Waals surface area contributed by atoms with E-state index in [4.69, 9.17) is 9.47 Å². The lowest BCUT2D eigenvalue weighted by Gasteiger charge is -2.36. The summed E-state index contributed by atoms with van der Waals surface area (Å²) in [7, 11) is 1.67. The highest BCUT2D eigenvalue weighted by molar-refractivity contribution is 5.76. The Morgan fingerprint density at radius 3 is 2.52 bits per heavy atom. The number of aromatic hydroxyl groups is 1. The van der Waals surface area contributed by atoms with Crippen molar-refractivity contribution < 1.29 is 38.5 Å². The third-order valence-corrected chi connectivity index (χ3v) is 10.1. The number of carbonyl (C=O) groups is 3. The predicted octanol–water partition coefficient (Wildman–Crippen LogP) is 5.44. The third-order valence-electron chi connectivity index (χ3n) is 10.1. The largest absolute Gasteiger partial charge is 0.508 e. The van der Waals surface area contributed by atoms with Crippen molar-refractivity contribution in [3.8, 4) is 5.75 Å². The Morgan fingerprint density at radius 2 is 1.81 bits per heavy atom. The molecule has 2 aliphatic heterocycles. The van der Waals surface area contributed by atoms with E-state index in [1.54, 1.807) is 53.3 Å². The number of phenols is 1. The molecule has 2 N–H and O–H groups in total. The van der Waals surface area contributed by atoms with E-state index in [0.29, 0.717) is 68.8 Å². The van der Waals surface area contributed by atoms with Crippen LogP contribution in [0, 0.1) is 17.7 Å². The number of hydrogen-bond donors (Lipinski definition) is 2. The lowest BCUT2D eigenvalue weighted by molar-refractivity contribution is -0.151. The van der Waals surface area contributed by atoms with Gasteiger partial charge >= 0.3 is 12.1 Å². The summed E-state index contributed by atoms with van der Waals surface area (Å²) >= 11 is 0. The zero-order chi connectivity index (χ0) is 38.8. The van der Waals surface area contributed by atoms with Crippen LogP contribution in [0.5, 0.6) is 5.75 Å². The zero-order valence-electron chi connectivity index (χ0n) is 31.5. The Balaban J connectivity index is 1.27. The number of halogens is 1. The molecule has 2 aromatic carbocycles. The molecule has 290 valence electrons. The minimum Gasteiger partial charge on any atom is -0.508 e. The van der Waals surface area contributed by atoms with E-state index in [1.807, 2.05) is 56.0 Å². The molecule has 12 nitrogen and oxygen atoms in total. The summed E-state index contributed by atoms with van der Waals surface area (Å²) < 4.78 is 28.6. The van der Waals surface area contributed by atoms with Crippen LogP contribution >= 0.6 is 0 Å². The molecule has 3 aromatic rings. The number of aromatic nitrogens is 2. The molecule has 2 aliphatic rings. The first-order valence-corrected chi connectivity index (χ1v) is 18.6. The number of aliphatic hydroxyl groups is 1. The van der Waals surface area contributed by atoms with Crippen LogP contribution in [0.3, 0.4) is 0 Å². The van der Waals surface area contributed by atoms with Crippen LogP contribution in [0.4, 0.5) is 14.9 Å². The molecule has 0 unspecified atom stereocenters. The van der Waals surface area contributed by atoms with Gasteiger partial charge in [0, 0.05) is 63.8 Å². The smallest absolute Gasteiger partial charge is 0.410 e. The molecular weight excluding hydrogens is 693 g/mol. The van der Waals surface area contributed by atoms with Gasteiger partial charge in [-0.15, -0.1) is 0 Å². The Morgan fingerprint density at radius 1 is 1.07 bits per heavy atom. The van der Waals surface area contributed by atoms with Crippen molar-refractivity contribution in [1.29, 1.82) is 0 Å². The Labute approximate surface area is 316 Å². The first-order valence-electron chi connectivity index (χ1n) is 18.6. The molecule has 0 radical (unpaired) electrons.